The Balaban J connectivity index is 1.33. The van der Waals surface area contributed by atoms with Crippen LogP contribution in [0.3, 0.4) is 0 Å². The highest BCUT2D eigenvalue weighted by Crippen LogP contribution is 2.41. The molecule has 1 aliphatic heterocycles. The molecule has 3 aromatic carbocycles. The summed E-state index contributed by atoms with van der Waals surface area (Å²) in [6, 6.07) is 28.6. The van der Waals surface area contributed by atoms with Gasteiger partial charge in [0.2, 0.25) is 5.91 Å². The minimum Gasteiger partial charge on any atom is -0.352 e. The molecule has 1 aliphatic rings. The van der Waals surface area contributed by atoms with Crippen LogP contribution < -0.4 is 10.6 Å². The zero-order valence-electron chi connectivity index (χ0n) is 24.4. The van der Waals surface area contributed by atoms with E-state index in [4.69, 9.17) is 17.2 Å². The Kier molecular flexibility index (Phi) is 7.52. The average molecular weight is 574 g/mol. The summed E-state index contributed by atoms with van der Waals surface area (Å²) in [4.78, 5) is 20.1. The number of hydrogen-bond acceptors (Lipinski definition) is 3. The number of benzene rings is 3. The average Bonchev–Trinajstić information content (AvgIpc) is 3.47. The first-order valence-electron chi connectivity index (χ1n) is 14.3. The normalized spacial score (nSPS) is 16.6. The molecule has 5 aromatic rings. The van der Waals surface area contributed by atoms with Crippen molar-refractivity contribution in [2.75, 3.05) is 11.9 Å². The third kappa shape index (κ3) is 5.16. The lowest BCUT2D eigenvalue weighted by Gasteiger charge is -2.28. The molecule has 2 aromatic heterocycles. The van der Waals surface area contributed by atoms with E-state index in [1.54, 1.807) is 0 Å². The minimum absolute atomic E-state index is 0.0463. The third-order valence-electron chi connectivity index (χ3n) is 8.24. The number of fused-ring (bicyclic) bond motifs is 1. The molecule has 0 aliphatic carbocycles. The van der Waals surface area contributed by atoms with E-state index < -0.39 is 0 Å². The number of aromatic nitrogens is 2. The monoisotopic (exact) mass is 573 g/mol. The second-order valence-electron chi connectivity index (χ2n) is 11.1. The van der Waals surface area contributed by atoms with Gasteiger partial charge in [0, 0.05) is 47.3 Å². The third-order valence-corrected chi connectivity index (χ3v) is 8.59. The summed E-state index contributed by atoms with van der Waals surface area (Å²) in [5.74, 6) is -0.0463. The lowest BCUT2D eigenvalue weighted by atomic mass is 9.96. The molecule has 1 amide bonds. The van der Waals surface area contributed by atoms with E-state index in [1.807, 2.05) is 54.7 Å². The molecule has 0 saturated carbocycles. The predicted octanol–water partition coefficient (Wildman–Crippen LogP) is 7.26. The van der Waals surface area contributed by atoms with Crippen molar-refractivity contribution in [2.45, 2.75) is 46.2 Å². The maximum Gasteiger partial charge on any atom is 0.226 e. The molecule has 3 heterocycles. The molecule has 1 fully saturated rings. The van der Waals surface area contributed by atoms with Crippen molar-refractivity contribution in [3.05, 3.63) is 125 Å². The second-order valence-corrected chi connectivity index (χ2v) is 11.5. The summed E-state index contributed by atoms with van der Waals surface area (Å²) in [7, 11) is 0. The number of carbonyl (C=O) groups is 1. The Morgan fingerprint density at radius 1 is 0.952 bits per heavy atom. The van der Waals surface area contributed by atoms with E-state index in [0.717, 1.165) is 33.5 Å². The van der Waals surface area contributed by atoms with Crippen LogP contribution in [0.5, 0.6) is 0 Å². The zero-order valence-corrected chi connectivity index (χ0v) is 25.2. The topological polar surface area (TPSA) is 62.2 Å². The summed E-state index contributed by atoms with van der Waals surface area (Å²) in [6.07, 6.45) is 2.11. The molecule has 0 spiro atoms. The number of nitrogens with zero attached hydrogens (tertiary/aromatic N) is 3. The van der Waals surface area contributed by atoms with Gasteiger partial charge in [0.15, 0.2) is 5.11 Å². The van der Waals surface area contributed by atoms with Crippen LogP contribution in [0.25, 0.3) is 16.5 Å². The highest BCUT2D eigenvalue weighted by atomic mass is 32.1. The molecular formula is C35H35N5OS. The van der Waals surface area contributed by atoms with E-state index in [0.29, 0.717) is 18.1 Å². The van der Waals surface area contributed by atoms with E-state index in [9.17, 15) is 4.79 Å². The summed E-state index contributed by atoms with van der Waals surface area (Å²) in [5.41, 5.74) is 8.84. The van der Waals surface area contributed by atoms with E-state index in [2.05, 4.69) is 84.2 Å². The van der Waals surface area contributed by atoms with Crippen LogP contribution in [0, 0.1) is 27.7 Å². The fourth-order valence-electron chi connectivity index (χ4n) is 6.17. The number of rotatable bonds is 7. The number of hydrogen-bond donors (Lipinski definition) is 2. The zero-order chi connectivity index (χ0) is 29.4. The van der Waals surface area contributed by atoms with Crippen LogP contribution in [-0.2, 0) is 4.79 Å². The molecule has 6 rings (SSSR count). The lowest BCUT2D eigenvalue weighted by molar-refractivity contribution is -0.116. The van der Waals surface area contributed by atoms with E-state index >= 15 is 0 Å². The number of aryl methyl sites for hydroxylation is 3. The Morgan fingerprint density at radius 2 is 1.74 bits per heavy atom. The number of thiocarbonyl (C=S) groups is 1. The summed E-state index contributed by atoms with van der Waals surface area (Å²) in [5, 5.41) is 9.42. The van der Waals surface area contributed by atoms with Crippen LogP contribution >= 0.6 is 12.2 Å². The molecule has 2 N–H and O–H groups in total. The van der Waals surface area contributed by atoms with Crippen LogP contribution in [0.15, 0.2) is 91.1 Å². The number of amides is 1. The molecule has 0 bridgehead atoms. The maximum absolute atomic E-state index is 13.3. The lowest BCUT2D eigenvalue weighted by Crippen LogP contribution is -2.33. The Morgan fingerprint density at radius 3 is 2.55 bits per heavy atom. The van der Waals surface area contributed by atoms with Crippen LogP contribution in [0.2, 0.25) is 0 Å². The van der Waals surface area contributed by atoms with Gasteiger partial charge in [-0.25, -0.2) is 0 Å². The van der Waals surface area contributed by atoms with Gasteiger partial charge in [-0.05, 0) is 92.3 Å². The van der Waals surface area contributed by atoms with Gasteiger partial charge in [0.1, 0.15) is 0 Å². The van der Waals surface area contributed by atoms with E-state index in [1.165, 1.54) is 22.4 Å². The van der Waals surface area contributed by atoms with Gasteiger partial charge >= 0.3 is 0 Å². The minimum atomic E-state index is -0.146. The van der Waals surface area contributed by atoms with Gasteiger partial charge in [-0.1, -0.05) is 54.6 Å². The molecule has 7 heteroatoms. The SMILES string of the molecule is Cc1ccc(C)c(-n2c(C)cc([C@@H]3[C@H](c4ccccn4)NC(=S)N3CCC(=O)Nc3cccc4ccccc34)c2C)c1. The molecule has 212 valence electrons. The quantitative estimate of drug-likeness (QED) is 0.201. The molecule has 2 atom stereocenters. The van der Waals surface area contributed by atoms with Crippen molar-refractivity contribution in [2.24, 2.45) is 0 Å². The first-order valence-corrected chi connectivity index (χ1v) is 14.7. The standard InChI is InChI=1S/C35H35N5OS/c1-22-15-16-23(2)31(20-22)40-24(3)21-28(25(40)4)34-33(30-13-7-8-18-36-30)38-35(42)39(34)19-17-32(41)37-29-14-9-11-26-10-5-6-12-27(26)29/h5-16,18,20-21,33-34H,17,19H2,1-4H3,(H,37,41)(H,38,42)/t33-,34+/m0/s1. The van der Waals surface area contributed by atoms with E-state index in [-0.39, 0.29) is 18.0 Å². The van der Waals surface area contributed by atoms with Crippen molar-refractivity contribution in [1.29, 1.82) is 0 Å². The molecule has 42 heavy (non-hydrogen) atoms. The molecule has 1 saturated heterocycles. The fraction of sp³-hybridized carbons (Fsp3) is 0.229. The smallest absolute Gasteiger partial charge is 0.226 e. The molecule has 0 unspecified atom stereocenters. The maximum atomic E-state index is 13.3. The van der Waals surface area contributed by atoms with Gasteiger partial charge in [0.25, 0.3) is 0 Å². The predicted molar refractivity (Wildman–Crippen MR) is 174 cm³/mol. The first-order chi connectivity index (χ1) is 20.3. The Bertz CT molecular complexity index is 1790. The van der Waals surface area contributed by atoms with Crippen molar-refractivity contribution in [3.63, 3.8) is 0 Å². The van der Waals surface area contributed by atoms with Crippen molar-refractivity contribution < 1.29 is 4.79 Å². The van der Waals surface area contributed by atoms with Crippen LogP contribution in [0.4, 0.5) is 5.69 Å². The summed E-state index contributed by atoms with van der Waals surface area (Å²) >= 11 is 5.90. The van der Waals surface area contributed by atoms with Gasteiger partial charge in [0.05, 0.1) is 17.8 Å². The van der Waals surface area contributed by atoms with Gasteiger partial charge in [-0.2, -0.15) is 0 Å². The van der Waals surface area contributed by atoms with Crippen molar-refractivity contribution in [3.8, 4) is 5.69 Å². The van der Waals surface area contributed by atoms with Crippen molar-refractivity contribution in [1.82, 2.24) is 19.8 Å². The van der Waals surface area contributed by atoms with Crippen molar-refractivity contribution >= 4 is 39.7 Å². The summed E-state index contributed by atoms with van der Waals surface area (Å²) < 4.78 is 2.33. The molecule has 6 nitrogen and oxygen atoms in total. The van der Waals surface area contributed by atoms with Gasteiger partial charge in [-0.3, -0.25) is 9.78 Å². The molecule has 0 radical (unpaired) electrons. The van der Waals surface area contributed by atoms with Crippen LogP contribution in [-0.4, -0.2) is 32.0 Å². The second kappa shape index (κ2) is 11.4. The number of nitrogens with one attached hydrogen (secondary N) is 2. The Labute approximate surface area is 252 Å². The Hall–Kier alpha value is -4.49. The highest BCUT2D eigenvalue weighted by molar-refractivity contribution is 7.80. The van der Waals surface area contributed by atoms with Gasteiger partial charge < -0.3 is 20.1 Å². The number of carbonyl (C=O) groups excluding carboxylic acids is 1. The first kappa shape index (κ1) is 27.7. The van der Waals surface area contributed by atoms with Crippen LogP contribution in [0.1, 0.15) is 52.3 Å². The number of anilines is 1. The number of pyridine rings is 1. The largest absolute Gasteiger partial charge is 0.352 e. The fourth-order valence-corrected chi connectivity index (χ4v) is 6.50. The highest BCUT2D eigenvalue weighted by Gasteiger charge is 2.41. The van der Waals surface area contributed by atoms with Gasteiger partial charge in [-0.15, -0.1) is 0 Å². The summed E-state index contributed by atoms with van der Waals surface area (Å²) in [6.45, 7) is 9.07. The molecular weight excluding hydrogens is 538 g/mol.